The minimum atomic E-state index is -0.311. The molecule has 1 fully saturated rings. The second kappa shape index (κ2) is 7.97. The highest BCUT2D eigenvalue weighted by Crippen LogP contribution is 2.36. The number of carbonyl (C=O) groups excluding carboxylic acids is 2. The summed E-state index contributed by atoms with van der Waals surface area (Å²) in [6.07, 6.45) is 1.67. The molecule has 7 heteroatoms. The largest absolute Gasteiger partial charge is 0.497 e. The number of rotatable bonds is 5. The Morgan fingerprint density at radius 1 is 1.12 bits per heavy atom. The molecule has 0 radical (unpaired) electrons. The van der Waals surface area contributed by atoms with Crippen LogP contribution in [0.5, 0.6) is 11.5 Å². The zero-order chi connectivity index (χ0) is 18.7. The van der Waals surface area contributed by atoms with Crippen LogP contribution in [0.1, 0.15) is 11.1 Å². The van der Waals surface area contributed by atoms with Crippen molar-refractivity contribution in [1.29, 1.82) is 0 Å². The average Bonchev–Trinajstić information content (AvgIpc) is 2.91. The first-order valence-corrected chi connectivity index (χ1v) is 9.35. The molecule has 26 heavy (non-hydrogen) atoms. The van der Waals surface area contributed by atoms with E-state index in [9.17, 15) is 9.59 Å². The number of imide groups is 1. The van der Waals surface area contributed by atoms with Gasteiger partial charge in [0.2, 0.25) is 0 Å². The smallest absolute Gasteiger partial charge is 0.293 e. The lowest BCUT2D eigenvalue weighted by Gasteiger charge is -2.13. The summed E-state index contributed by atoms with van der Waals surface area (Å²) in [5.74, 6) is 0.914. The molecular weight excluding hydrogens is 418 g/mol. The Labute approximate surface area is 164 Å². The molecule has 2 amide bonds. The molecule has 3 rings (SSSR count). The third-order valence-electron chi connectivity index (χ3n) is 3.89. The highest BCUT2D eigenvalue weighted by atomic mass is 79.9. The first-order valence-electron chi connectivity index (χ1n) is 7.74. The lowest BCUT2D eigenvalue weighted by atomic mass is 10.1. The number of ether oxygens (including phenoxy) is 2. The molecule has 1 aliphatic rings. The normalized spacial score (nSPS) is 15.7. The number of amides is 2. The molecule has 2 aromatic rings. The van der Waals surface area contributed by atoms with Crippen LogP contribution in [-0.2, 0) is 11.3 Å². The van der Waals surface area contributed by atoms with Gasteiger partial charge in [-0.15, -0.1) is 0 Å². The summed E-state index contributed by atoms with van der Waals surface area (Å²) >= 11 is 4.37. The van der Waals surface area contributed by atoms with Crippen molar-refractivity contribution in [2.75, 3.05) is 14.2 Å². The van der Waals surface area contributed by atoms with Gasteiger partial charge in [0.1, 0.15) is 11.5 Å². The molecule has 5 nitrogen and oxygen atoms in total. The number of benzene rings is 2. The van der Waals surface area contributed by atoms with Crippen molar-refractivity contribution in [3.8, 4) is 11.5 Å². The molecule has 0 spiro atoms. The maximum Gasteiger partial charge on any atom is 0.293 e. The summed E-state index contributed by atoms with van der Waals surface area (Å²) in [5.41, 5.74) is 1.58. The molecule has 0 N–H and O–H groups in total. The van der Waals surface area contributed by atoms with Crippen LogP contribution in [-0.4, -0.2) is 30.3 Å². The Hall–Kier alpha value is -2.25. The van der Waals surface area contributed by atoms with E-state index in [1.165, 1.54) is 4.90 Å². The topological polar surface area (TPSA) is 55.8 Å². The fourth-order valence-corrected chi connectivity index (χ4v) is 3.75. The third kappa shape index (κ3) is 3.78. The quantitative estimate of drug-likeness (QED) is 0.639. The zero-order valence-corrected chi connectivity index (χ0v) is 16.6. The van der Waals surface area contributed by atoms with Crippen LogP contribution in [0.4, 0.5) is 4.79 Å². The number of hydrogen-bond acceptors (Lipinski definition) is 5. The van der Waals surface area contributed by atoms with Gasteiger partial charge in [0.05, 0.1) is 25.7 Å². The number of methoxy groups -OCH3 is 2. The Morgan fingerprint density at radius 2 is 1.88 bits per heavy atom. The number of thioether (sulfide) groups is 1. The van der Waals surface area contributed by atoms with Crippen LogP contribution >= 0.6 is 27.7 Å². The van der Waals surface area contributed by atoms with Crippen molar-refractivity contribution in [3.05, 3.63) is 63.0 Å². The van der Waals surface area contributed by atoms with Gasteiger partial charge >= 0.3 is 0 Å². The highest BCUT2D eigenvalue weighted by Gasteiger charge is 2.35. The molecule has 2 aromatic carbocycles. The maximum absolute atomic E-state index is 12.7. The van der Waals surface area contributed by atoms with Gasteiger partial charge in [0, 0.05) is 16.1 Å². The monoisotopic (exact) mass is 433 g/mol. The Morgan fingerprint density at radius 3 is 2.58 bits per heavy atom. The predicted octanol–water partition coefficient (Wildman–Crippen LogP) is 4.70. The highest BCUT2D eigenvalue weighted by molar-refractivity contribution is 9.10. The Bertz CT molecular complexity index is 897. The van der Waals surface area contributed by atoms with E-state index in [0.29, 0.717) is 22.0 Å². The summed E-state index contributed by atoms with van der Waals surface area (Å²) in [7, 11) is 3.12. The van der Waals surface area contributed by atoms with Crippen molar-refractivity contribution in [1.82, 2.24) is 4.90 Å². The van der Waals surface area contributed by atoms with Crippen LogP contribution in [0.25, 0.3) is 6.08 Å². The molecule has 0 unspecified atom stereocenters. The molecule has 0 aliphatic carbocycles. The summed E-state index contributed by atoms with van der Waals surface area (Å²) in [4.78, 5) is 26.6. The Balaban J connectivity index is 1.87. The van der Waals surface area contributed by atoms with Crippen molar-refractivity contribution < 1.29 is 19.1 Å². The summed E-state index contributed by atoms with van der Waals surface area (Å²) in [5, 5.41) is -0.288. The van der Waals surface area contributed by atoms with E-state index < -0.39 is 0 Å². The second-order valence-corrected chi connectivity index (χ2v) is 7.31. The van der Waals surface area contributed by atoms with Crippen molar-refractivity contribution in [2.45, 2.75) is 6.54 Å². The number of nitrogens with zero attached hydrogens (tertiary/aromatic N) is 1. The SMILES string of the molecule is COc1ccc(/C=C2/SC(=O)N(Cc3ccccc3Br)C2=O)c(OC)c1. The number of halogens is 1. The van der Waals surface area contributed by atoms with Gasteiger partial charge in [-0.2, -0.15) is 0 Å². The lowest BCUT2D eigenvalue weighted by molar-refractivity contribution is -0.123. The van der Waals surface area contributed by atoms with Crippen molar-refractivity contribution >= 4 is 44.9 Å². The minimum Gasteiger partial charge on any atom is -0.497 e. The van der Waals surface area contributed by atoms with Gasteiger partial charge in [0.15, 0.2) is 0 Å². The molecule has 0 bridgehead atoms. The molecule has 1 aliphatic heterocycles. The summed E-state index contributed by atoms with van der Waals surface area (Å²) < 4.78 is 11.4. The molecule has 134 valence electrons. The first-order chi connectivity index (χ1) is 12.5. The maximum atomic E-state index is 12.7. The first kappa shape index (κ1) is 18.5. The fourth-order valence-electron chi connectivity index (χ4n) is 2.51. The predicted molar refractivity (Wildman–Crippen MR) is 105 cm³/mol. The summed E-state index contributed by atoms with van der Waals surface area (Å²) in [6, 6.07) is 12.8. The van der Waals surface area contributed by atoms with Crippen LogP contribution in [0.3, 0.4) is 0 Å². The van der Waals surface area contributed by atoms with Gasteiger partial charge in [-0.3, -0.25) is 14.5 Å². The summed E-state index contributed by atoms with van der Waals surface area (Å²) in [6.45, 7) is 0.225. The molecule has 0 saturated carbocycles. The van der Waals surface area contributed by atoms with E-state index >= 15 is 0 Å². The van der Waals surface area contributed by atoms with Crippen LogP contribution < -0.4 is 9.47 Å². The average molecular weight is 434 g/mol. The second-order valence-electron chi connectivity index (χ2n) is 5.47. The fraction of sp³-hybridized carbons (Fsp3) is 0.158. The zero-order valence-electron chi connectivity index (χ0n) is 14.2. The standard InChI is InChI=1S/C19H16BrNO4S/c1-24-14-8-7-12(16(10-14)25-2)9-17-18(22)21(19(23)26-17)11-13-5-3-4-6-15(13)20/h3-10H,11H2,1-2H3/b17-9+. The van der Waals surface area contributed by atoms with Gasteiger partial charge in [-0.1, -0.05) is 34.1 Å². The van der Waals surface area contributed by atoms with Gasteiger partial charge in [-0.05, 0) is 41.6 Å². The molecule has 1 saturated heterocycles. The van der Waals surface area contributed by atoms with E-state index in [4.69, 9.17) is 9.47 Å². The minimum absolute atomic E-state index is 0.225. The molecule has 1 heterocycles. The van der Waals surface area contributed by atoms with E-state index in [1.807, 2.05) is 24.3 Å². The van der Waals surface area contributed by atoms with Gasteiger partial charge < -0.3 is 9.47 Å². The van der Waals surface area contributed by atoms with E-state index in [2.05, 4.69) is 15.9 Å². The van der Waals surface area contributed by atoms with Gasteiger partial charge in [0.25, 0.3) is 11.1 Å². The lowest BCUT2D eigenvalue weighted by Crippen LogP contribution is -2.27. The third-order valence-corrected chi connectivity index (χ3v) is 5.57. The van der Waals surface area contributed by atoms with Crippen LogP contribution in [0.2, 0.25) is 0 Å². The van der Waals surface area contributed by atoms with Crippen LogP contribution in [0, 0.1) is 0 Å². The van der Waals surface area contributed by atoms with E-state index in [0.717, 1.165) is 21.8 Å². The van der Waals surface area contributed by atoms with Crippen LogP contribution in [0.15, 0.2) is 51.8 Å². The Kier molecular flexibility index (Phi) is 5.68. The van der Waals surface area contributed by atoms with E-state index in [1.54, 1.807) is 38.5 Å². The van der Waals surface area contributed by atoms with Crippen molar-refractivity contribution in [3.63, 3.8) is 0 Å². The number of carbonyl (C=O) groups is 2. The molecule has 0 atom stereocenters. The van der Waals surface area contributed by atoms with E-state index in [-0.39, 0.29) is 17.7 Å². The molecule has 0 aromatic heterocycles. The van der Waals surface area contributed by atoms with Crippen molar-refractivity contribution in [2.24, 2.45) is 0 Å². The number of hydrogen-bond donors (Lipinski definition) is 0. The van der Waals surface area contributed by atoms with Gasteiger partial charge in [-0.25, -0.2) is 0 Å². The molecular formula is C19H16BrNO4S.